The Hall–Kier alpha value is -4.04. The molecular formula is C28H49N7O8. The summed E-state index contributed by atoms with van der Waals surface area (Å²) in [7, 11) is 10.2. The molecule has 0 aliphatic carbocycles. The van der Waals surface area contributed by atoms with Crippen LogP contribution in [0.1, 0.15) is 39.5 Å². The summed E-state index contributed by atoms with van der Waals surface area (Å²) in [5, 5.41) is 2.63. The smallest absolute Gasteiger partial charge is 0.242 e. The van der Waals surface area contributed by atoms with Crippen molar-refractivity contribution >= 4 is 47.1 Å². The van der Waals surface area contributed by atoms with E-state index in [9.17, 15) is 38.4 Å². The van der Waals surface area contributed by atoms with E-state index in [0.717, 1.165) is 14.7 Å². The maximum absolute atomic E-state index is 12.6. The van der Waals surface area contributed by atoms with Crippen LogP contribution in [0.5, 0.6) is 0 Å². The lowest BCUT2D eigenvalue weighted by atomic mass is 10.0. The van der Waals surface area contributed by atoms with Gasteiger partial charge in [0.25, 0.3) is 0 Å². The minimum absolute atomic E-state index is 0.0221. The van der Waals surface area contributed by atoms with Gasteiger partial charge in [-0.1, -0.05) is 13.8 Å². The molecule has 7 amide bonds. The largest absolute Gasteiger partial charge is 0.356 e. The maximum atomic E-state index is 12.6. The zero-order valence-corrected chi connectivity index (χ0v) is 27.1. The highest BCUT2D eigenvalue weighted by Gasteiger charge is 2.23. The first-order valence-electron chi connectivity index (χ1n) is 14.1. The summed E-state index contributed by atoms with van der Waals surface area (Å²) >= 11 is 0. The van der Waals surface area contributed by atoms with Gasteiger partial charge in [-0.3, -0.25) is 38.4 Å². The number of hydrogen-bond donors (Lipinski definition) is 1. The van der Waals surface area contributed by atoms with E-state index in [4.69, 9.17) is 0 Å². The fourth-order valence-corrected chi connectivity index (χ4v) is 3.38. The molecule has 0 aromatic carbocycles. The highest BCUT2D eigenvalue weighted by Crippen LogP contribution is 2.04. The van der Waals surface area contributed by atoms with E-state index in [1.807, 2.05) is 0 Å². The van der Waals surface area contributed by atoms with Gasteiger partial charge < -0.3 is 34.7 Å². The number of rotatable bonds is 18. The lowest BCUT2D eigenvalue weighted by Gasteiger charge is -2.26. The first-order chi connectivity index (χ1) is 19.9. The summed E-state index contributed by atoms with van der Waals surface area (Å²) in [6.45, 7) is 2.34. The van der Waals surface area contributed by atoms with E-state index in [0.29, 0.717) is 12.8 Å². The summed E-state index contributed by atoms with van der Waals surface area (Å²) in [6, 6.07) is 0. The van der Waals surface area contributed by atoms with Crippen LogP contribution >= 0.6 is 0 Å². The van der Waals surface area contributed by atoms with Crippen LogP contribution in [0.3, 0.4) is 0 Å². The van der Waals surface area contributed by atoms with Crippen molar-refractivity contribution in [3.05, 3.63) is 0 Å². The predicted octanol–water partition coefficient (Wildman–Crippen LogP) is -1.73. The molecule has 0 unspecified atom stereocenters. The van der Waals surface area contributed by atoms with E-state index in [-0.39, 0.29) is 81.5 Å². The molecule has 0 aromatic rings. The number of amides is 7. The number of likely N-dealkylation sites (N-methyl/N-ethyl adjacent to an activating group) is 6. The number of hydrogen-bond acceptors (Lipinski definition) is 8. The fraction of sp³-hybridized carbons (Fsp3) is 0.714. The normalized spacial score (nSPS) is 10.5. The lowest BCUT2D eigenvalue weighted by molar-refractivity contribution is -0.145. The van der Waals surface area contributed by atoms with E-state index in [1.54, 1.807) is 27.9 Å². The van der Waals surface area contributed by atoms with Crippen molar-refractivity contribution in [3.63, 3.8) is 0 Å². The number of carbonyl (C=O) groups is 8. The SMILES string of the molecule is CC(C)C(=O)CCCC(=O)NCCC(=O)N(C)CC(=O)N(C)CC(=O)N(C)CC(=O)N(C)CC(=O)N(C)CC(=O)N(C)C. The van der Waals surface area contributed by atoms with Gasteiger partial charge in [-0.2, -0.15) is 0 Å². The molecule has 0 rings (SSSR count). The van der Waals surface area contributed by atoms with Crippen LogP contribution in [0.25, 0.3) is 0 Å². The van der Waals surface area contributed by atoms with Gasteiger partial charge >= 0.3 is 0 Å². The fourth-order valence-electron chi connectivity index (χ4n) is 3.38. The summed E-state index contributed by atoms with van der Waals surface area (Å²) in [4.78, 5) is 105. The van der Waals surface area contributed by atoms with Crippen molar-refractivity contribution in [1.29, 1.82) is 0 Å². The van der Waals surface area contributed by atoms with Gasteiger partial charge in [-0.25, -0.2) is 0 Å². The molecule has 0 saturated heterocycles. The summed E-state index contributed by atoms with van der Waals surface area (Å²) in [6.07, 6.45) is 0.930. The number of carbonyl (C=O) groups excluding carboxylic acids is 8. The Bertz CT molecular complexity index is 1030. The standard InChI is InChI=1S/C28H49N7O8/c1-20(2)21(36)11-10-12-22(37)29-14-13-23(38)31(5)16-25(40)33(7)18-27(42)35(9)19-28(43)34(8)17-26(41)32(6)15-24(39)30(3)4/h20H,10-19H2,1-9H3,(H,29,37). The van der Waals surface area contributed by atoms with Gasteiger partial charge in [0.05, 0.1) is 32.7 Å². The molecule has 0 radical (unpaired) electrons. The minimum atomic E-state index is -0.524. The molecule has 0 spiro atoms. The quantitative estimate of drug-likeness (QED) is 0.191. The Labute approximate surface area is 254 Å². The molecule has 43 heavy (non-hydrogen) atoms. The molecule has 0 saturated carbocycles. The zero-order chi connectivity index (χ0) is 33.4. The Morgan fingerprint density at radius 3 is 1.19 bits per heavy atom. The Morgan fingerprint density at radius 1 is 0.488 bits per heavy atom. The topological polar surface area (TPSA) is 168 Å². The highest BCUT2D eigenvalue weighted by atomic mass is 16.2. The first kappa shape index (κ1) is 39.0. The van der Waals surface area contributed by atoms with Crippen LogP contribution in [-0.2, 0) is 38.4 Å². The Morgan fingerprint density at radius 2 is 0.837 bits per heavy atom. The van der Waals surface area contributed by atoms with Crippen molar-refractivity contribution in [3.8, 4) is 0 Å². The van der Waals surface area contributed by atoms with Gasteiger partial charge in [0.2, 0.25) is 41.4 Å². The third-order valence-corrected chi connectivity index (χ3v) is 6.62. The second-order valence-corrected chi connectivity index (χ2v) is 11.1. The van der Waals surface area contributed by atoms with Crippen LogP contribution in [0.4, 0.5) is 0 Å². The summed E-state index contributed by atoms with van der Waals surface area (Å²) in [5.74, 6) is -2.85. The van der Waals surface area contributed by atoms with Gasteiger partial charge in [-0.15, -0.1) is 0 Å². The average molecular weight is 612 g/mol. The molecule has 0 aliphatic rings. The van der Waals surface area contributed by atoms with Crippen molar-refractivity contribution in [1.82, 2.24) is 34.7 Å². The monoisotopic (exact) mass is 611 g/mol. The van der Waals surface area contributed by atoms with Crippen LogP contribution in [-0.4, -0.2) is 165 Å². The Kier molecular flexibility index (Phi) is 17.4. The number of nitrogens with one attached hydrogen (secondary N) is 1. The van der Waals surface area contributed by atoms with Crippen molar-refractivity contribution < 1.29 is 38.4 Å². The second-order valence-electron chi connectivity index (χ2n) is 11.1. The molecule has 15 heteroatoms. The molecule has 0 atom stereocenters. The molecular weight excluding hydrogens is 562 g/mol. The van der Waals surface area contributed by atoms with Crippen molar-refractivity contribution in [2.24, 2.45) is 5.92 Å². The minimum Gasteiger partial charge on any atom is -0.356 e. The zero-order valence-electron chi connectivity index (χ0n) is 27.1. The molecule has 0 heterocycles. The molecule has 0 aliphatic heterocycles. The van der Waals surface area contributed by atoms with Crippen molar-refractivity contribution in [2.75, 3.05) is 88.6 Å². The van der Waals surface area contributed by atoms with Crippen LogP contribution < -0.4 is 5.32 Å². The summed E-state index contributed by atoms with van der Waals surface area (Å²) in [5.41, 5.74) is 0. The molecule has 0 bridgehead atoms. The number of Topliss-reactive ketones (excluding diaryl/α,β-unsaturated/α-hetero) is 1. The van der Waals surface area contributed by atoms with Gasteiger partial charge in [0.1, 0.15) is 5.78 Å². The second kappa shape index (κ2) is 19.2. The van der Waals surface area contributed by atoms with Crippen LogP contribution in [0, 0.1) is 5.92 Å². The molecule has 15 nitrogen and oxygen atoms in total. The summed E-state index contributed by atoms with van der Waals surface area (Å²) < 4.78 is 0. The van der Waals surface area contributed by atoms with E-state index >= 15 is 0 Å². The molecule has 0 fully saturated rings. The molecule has 1 N–H and O–H groups in total. The first-order valence-corrected chi connectivity index (χ1v) is 14.1. The van der Waals surface area contributed by atoms with E-state index in [1.165, 1.54) is 49.9 Å². The number of ketones is 1. The third-order valence-electron chi connectivity index (χ3n) is 6.62. The van der Waals surface area contributed by atoms with Gasteiger partial charge in [0, 0.05) is 81.1 Å². The third kappa shape index (κ3) is 15.7. The maximum Gasteiger partial charge on any atom is 0.242 e. The van der Waals surface area contributed by atoms with Gasteiger partial charge in [0.15, 0.2) is 0 Å². The molecule has 244 valence electrons. The van der Waals surface area contributed by atoms with Crippen LogP contribution in [0.15, 0.2) is 0 Å². The van der Waals surface area contributed by atoms with Crippen molar-refractivity contribution in [2.45, 2.75) is 39.5 Å². The predicted molar refractivity (Wildman–Crippen MR) is 158 cm³/mol. The average Bonchev–Trinajstić information content (AvgIpc) is 2.91. The van der Waals surface area contributed by atoms with E-state index < -0.39 is 23.6 Å². The number of nitrogens with zero attached hydrogens (tertiary/aromatic N) is 6. The van der Waals surface area contributed by atoms with Crippen LogP contribution in [0.2, 0.25) is 0 Å². The lowest BCUT2D eigenvalue weighted by Crippen LogP contribution is -2.48. The molecule has 0 aromatic heterocycles. The van der Waals surface area contributed by atoms with Gasteiger partial charge in [-0.05, 0) is 6.42 Å². The Balaban J connectivity index is 4.54. The van der Waals surface area contributed by atoms with E-state index in [2.05, 4.69) is 5.32 Å². The highest BCUT2D eigenvalue weighted by molar-refractivity contribution is 5.91.